The van der Waals surface area contributed by atoms with Gasteiger partial charge in [-0.2, -0.15) is 0 Å². The molecule has 1 saturated heterocycles. The molecule has 6 heteroatoms. The van der Waals surface area contributed by atoms with Crippen LogP contribution in [0.5, 0.6) is 0 Å². The maximum Gasteiger partial charge on any atom is 0.277 e. The van der Waals surface area contributed by atoms with E-state index in [9.17, 15) is 19.2 Å². The molecule has 1 aliphatic heterocycles. The van der Waals surface area contributed by atoms with E-state index >= 15 is 0 Å². The molecule has 0 spiro atoms. The minimum absolute atomic E-state index is 0.286. The fourth-order valence-corrected chi connectivity index (χ4v) is 1.60. The Morgan fingerprint density at radius 3 is 2.06 bits per heavy atom. The Balaban J connectivity index is 3.19. The summed E-state index contributed by atoms with van der Waals surface area (Å²) in [6, 6.07) is -0.973. The van der Waals surface area contributed by atoms with Gasteiger partial charge >= 0.3 is 0 Å². The summed E-state index contributed by atoms with van der Waals surface area (Å²) in [6.45, 7) is 7.09. The van der Waals surface area contributed by atoms with Crippen LogP contribution in [0.1, 0.15) is 20.8 Å². The van der Waals surface area contributed by atoms with E-state index in [2.05, 4.69) is 6.58 Å². The quantitative estimate of drug-likeness (QED) is 0.527. The molecule has 1 aliphatic rings. The Labute approximate surface area is 92.5 Å². The first-order valence-electron chi connectivity index (χ1n) is 4.66. The Bertz CT molecular complexity index is 413. The highest BCUT2D eigenvalue weighted by molar-refractivity contribution is 6.16. The van der Waals surface area contributed by atoms with Crippen molar-refractivity contribution in [3.8, 4) is 0 Å². The molecule has 0 N–H and O–H groups in total. The van der Waals surface area contributed by atoms with Gasteiger partial charge in [0.05, 0.1) is 0 Å². The molecule has 0 radical (unpaired) electrons. The number of piperazine rings is 1. The minimum atomic E-state index is -0.973. The molecule has 0 saturated carbocycles. The molecule has 1 unspecified atom stereocenters. The Kier molecular flexibility index (Phi) is 2.93. The number of imide groups is 2. The maximum absolute atomic E-state index is 11.7. The van der Waals surface area contributed by atoms with Gasteiger partial charge in [-0.1, -0.05) is 6.58 Å². The third-order valence-corrected chi connectivity index (χ3v) is 2.35. The SMILES string of the molecule is C=C1C(=O)N(C(C)=O)C(C)C(=O)N1C(C)=O. The Morgan fingerprint density at radius 1 is 1.19 bits per heavy atom. The Hall–Kier alpha value is -1.98. The summed E-state index contributed by atoms with van der Waals surface area (Å²) in [5.41, 5.74) is -0.286. The smallest absolute Gasteiger partial charge is 0.275 e. The van der Waals surface area contributed by atoms with Crippen molar-refractivity contribution in [1.82, 2.24) is 9.80 Å². The van der Waals surface area contributed by atoms with Gasteiger partial charge in [0.1, 0.15) is 11.7 Å². The van der Waals surface area contributed by atoms with Gasteiger partial charge in [-0.15, -0.1) is 0 Å². The third-order valence-electron chi connectivity index (χ3n) is 2.35. The van der Waals surface area contributed by atoms with Crippen LogP contribution in [0.3, 0.4) is 0 Å². The lowest BCUT2D eigenvalue weighted by Crippen LogP contribution is -2.59. The average molecular weight is 224 g/mol. The first-order chi connectivity index (χ1) is 7.29. The number of amides is 4. The van der Waals surface area contributed by atoms with Gasteiger partial charge in [0, 0.05) is 13.8 Å². The molecule has 6 nitrogen and oxygen atoms in total. The molecule has 0 aliphatic carbocycles. The zero-order chi connectivity index (χ0) is 12.6. The van der Waals surface area contributed by atoms with Crippen LogP contribution >= 0.6 is 0 Å². The highest BCUT2D eigenvalue weighted by atomic mass is 16.2. The van der Waals surface area contributed by atoms with Crippen molar-refractivity contribution >= 4 is 23.6 Å². The van der Waals surface area contributed by atoms with Crippen molar-refractivity contribution in [2.75, 3.05) is 0 Å². The molecule has 1 heterocycles. The second-order valence-electron chi connectivity index (χ2n) is 3.51. The minimum Gasteiger partial charge on any atom is -0.275 e. The molecule has 86 valence electrons. The second kappa shape index (κ2) is 3.88. The first kappa shape index (κ1) is 12.1. The molecule has 0 aromatic heterocycles. The lowest BCUT2D eigenvalue weighted by Gasteiger charge is -2.36. The zero-order valence-electron chi connectivity index (χ0n) is 9.31. The standard InChI is InChI=1S/C10H12N2O4/c1-5-9(15)12(8(4)14)6(2)10(16)11(5)7(3)13/h6H,1H2,2-4H3. The molecule has 0 aromatic carbocycles. The van der Waals surface area contributed by atoms with Crippen LogP contribution < -0.4 is 0 Å². The van der Waals surface area contributed by atoms with E-state index in [1.807, 2.05) is 0 Å². The highest BCUT2D eigenvalue weighted by Crippen LogP contribution is 2.20. The van der Waals surface area contributed by atoms with Crippen LogP contribution in [0.4, 0.5) is 0 Å². The lowest BCUT2D eigenvalue weighted by molar-refractivity contribution is -0.161. The van der Waals surface area contributed by atoms with E-state index < -0.39 is 29.7 Å². The predicted molar refractivity (Wildman–Crippen MR) is 53.7 cm³/mol. The van der Waals surface area contributed by atoms with Crippen molar-refractivity contribution in [2.24, 2.45) is 0 Å². The van der Waals surface area contributed by atoms with Crippen molar-refractivity contribution in [3.63, 3.8) is 0 Å². The summed E-state index contributed by atoms with van der Waals surface area (Å²) in [6.07, 6.45) is 0. The van der Waals surface area contributed by atoms with Crippen molar-refractivity contribution in [1.29, 1.82) is 0 Å². The van der Waals surface area contributed by atoms with E-state index in [0.29, 0.717) is 4.90 Å². The summed E-state index contributed by atoms with van der Waals surface area (Å²) in [5.74, 6) is -2.46. The summed E-state index contributed by atoms with van der Waals surface area (Å²) in [5, 5.41) is 0. The van der Waals surface area contributed by atoms with E-state index in [-0.39, 0.29) is 5.70 Å². The van der Waals surface area contributed by atoms with Gasteiger partial charge in [0.2, 0.25) is 11.8 Å². The summed E-state index contributed by atoms with van der Waals surface area (Å²) in [7, 11) is 0. The molecule has 4 amide bonds. The predicted octanol–water partition coefficient (Wildman–Crippen LogP) is -0.348. The fraction of sp³-hybridized carbons (Fsp3) is 0.400. The molecule has 1 rings (SSSR count). The van der Waals surface area contributed by atoms with Crippen molar-refractivity contribution < 1.29 is 19.2 Å². The Morgan fingerprint density at radius 2 is 1.69 bits per heavy atom. The first-order valence-corrected chi connectivity index (χ1v) is 4.66. The largest absolute Gasteiger partial charge is 0.277 e. The van der Waals surface area contributed by atoms with Gasteiger partial charge in [0.25, 0.3) is 11.8 Å². The van der Waals surface area contributed by atoms with E-state index in [1.54, 1.807) is 0 Å². The molecular formula is C10H12N2O4. The van der Waals surface area contributed by atoms with E-state index in [4.69, 9.17) is 0 Å². The second-order valence-corrected chi connectivity index (χ2v) is 3.51. The number of rotatable bonds is 0. The number of hydrogen-bond donors (Lipinski definition) is 0. The van der Waals surface area contributed by atoms with Gasteiger partial charge in [-0.05, 0) is 6.92 Å². The molecular weight excluding hydrogens is 212 g/mol. The van der Waals surface area contributed by atoms with Crippen molar-refractivity contribution in [3.05, 3.63) is 12.3 Å². The normalized spacial score (nSPS) is 21.4. The number of nitrogens with zero attached hydrogens (tertiary/aromatic N) is 2. The van der Waals surface area contributed by atoms with Crippen LogP contribution in [0.25, 0.3) is 0 Å². The average Bonchev–Trinajstić information content (AvgIpc) is 2.14. The topological polar surface area (TPSA) is 74.8 Å². The lowest BCUT2D eigenvalue weighted by atomic mass is 10.1. The van der Waals surface area contributed by atoms with Gasteiger partial charge in [-0.3, -0.25) is 24.1 Å². The molecule has 0 aromatic rings. The van der Waals surface area contributed by atoms with Crippen LogP contribution in [-0.4, -0.2) is 39.5 Å². The number of hydrogen-bond acceptors (Lipinski definition) is 4. The number of carbonyl (C=O) groups is 4. The summed E-state index contributed by atoms with van der Waals surface area (Å²) in [4.78, 5) is 47.3. The molecule has 1 fully saturated rings. The van der Waals surface area contributed by atoms with Crippen LogP contribution in [0, 0.1) is 0 Å². The third kappa shape index (κ3) is 1.62. The summed E-state index contributed by atoms with van der Waals surface area (Å²) >= 11 is 0. The molecule has 1 atom stereocenters. The summed E-state index contributed by atoms with van der Waals surface area (Å²) < 4.78 is 0. The van der Waals surface area contributed by atoms with E-state index in [1.165, 1.54) is 13.8 Å². The monoisotopic (exact) mass is 224 g/mol. The zero-order valence-corrected chi connectivity index (χ0v) is 9.31. The van der Waals surface area contributed by atoms with Crippen LogP contribution in [0.2, 0.25) is 0 Å². The maximum atomic E-state index is 11.7. The fourth-order valence-electron chi connectivity index (χ4n) is 1.60. The molecule has 0 bridgehead atoms. The van der Waals surface area contributed by atoms with Gasteiger partial charge in [-0.25, -0.2) is 4.90 Å². The highest BCUT2D eigenvalue weighted by Gasteiger charge is 2.43. The van der Waals surface area contributed by atoms with Gasteiger partial charge in [0.15, 0.2) is 0 Å². The number of carbonyl (C=O) groups excluding carboxylic acids is 4. The van der Waals surface area contributed by atoms with Crippen molar-refractivity contribution in [2.45, 2.75) is 26.8 Å². The van der Waals surface area contributed by atoms with Crippen LogP contribution in [-0.2, 0) is 19.2 Å². The van der Waals surface area contributed by atoms with E-state index in [0.717, 1.165) is 11.8 Å². The molecule has 16 heavy (non-hydrogen) atoms. The van der Waals surface area contributed by atoms with Crippen LogP contribution in [0.15, 0.2) is 12.3 Å². The van der Waals surface area contributed by atoms with Gasteiger partial charge < -0.3 is 0 Å².